The summed E-state index contributed by atoms with van der Waals surface area (Å²) in [7, 11) is 5.95. The van der Waals surface area contributed by atoms with E-state index in [1.807, 2.05) is 40.5 Å². The third-order valence-electron chi connectivity index (χ3n) is 3.84. The number of anilines is 1. The second kappa shape index (κ2) is 6.70. The molecule has 128 valence electrons. The van der Waals surface area contributed by atoms with Crippen molar-refractivity contribution in [3.05, 3.63) is 40.1 Å². The molecule has 0 fully saturated rings. The van der Waals surface area contributed by atoms with Gasteiger partial charge < -0.3 is 10.2 Å². The molecule has 0 radical (unpaired) electrons. The van der Waals surface area contributed by atoms with E-state index in [0.717, 1.165) is 17.7 Å². The highest BCUT2D eigenvalue weighted by atomic mass is 32.1. The zero-order valence-electron chi connectivity index (χ0n) is 14.2. The van der Waals surface area contributed by atoms with Crippen molar-refractivity contribution in [1.29, 1.82) is 0 Å². The molecule has 0 bridgehead atoms. The first-order valence-corrected chi connectivity index (χ1v) is 8.58. The minimum atomic E-state index is -0.141. The molecule has 3 aromatic heterocycles. The first-order valence-electron chi connectivity index (χ1n) is 7.76. The van der Waals surface area contributed by atoms with E-state index >= 15 is 0 Å². The van der Waals surface area contributed by atoms with Gasteiger partial charge in [0.2, 0.25) is 10.1 Å². The molecule has 0 saturated heterocycles. The van der Waals surface area contributed by atoms with Crippen LogP contribution >= 0.6 is 11.3 Å². The highest BCUT2D eigenvalue weighted by Gasteiger charge is 2.17. The second-order valence-electron chi connectivity index (χ2n) is 5.85. The van der Waals surface area contributed by atoms with Crippen molar-refractivity contribution in [1.82, 2.24) is 29.3 Å². The predicted molar refractivity (Wildman–Crippen MR) is 94.6 cm³/mol. The molecule has 0 aromatic carbocycles. The Bertz CT molecular complexity index is 895. The van der Waals surface area contributed by atoms with Crippen molar-refractivity contribution in [2.45, 2.75) is 19.4 Å². The highest BCUT2D eigenvalue weighted by molar-refractivity contribution is 7.20. The van der Waals surface area contributed by atoms with E-state index in [0.29, 0.717) is 16.6 Å². The van der Waals surface area contributed by atoms with Crippen LogP contribution in [0.25, 0.3) is 4.96 Å². The molecule has 0 spiro atoms. The molecule has 1 atom stereocenters. The van der Waals surface area contributed by atoms with E-state index in [2.05, 4.69) is 25.4 Å². The second-order valence-corrected chi connectivity index (χ2v) is 6.80. The zero-order valence-corrected chi connectivity index (χ0v) is 15.0. The molecule has 8 nitrogen and oxygen atoms in total. The van der Waals surface area contributed by atoms with Crippen LogP contribution in [0.5, 0.6) is 0 Å². The standard InChI is InChI=1S/C15H21N7OS/c1-5-11-6-13(23)22-15(18-11)24-14(19-22)16-8-12(20(2)3)10-7-17-21(4)9-10/h6-7,9,12H,5,8H2,1-4H3,(H,16,19). The fraction of sp³-hybridized carbons (Fsp3) is 0.467. The molecular formula is C15H21N7OS. The monoisotopic (exact) mass is 347 g/mol. The summed E-state index contributed by atoms with van der Waals surface area (Å²) in [5, 5.41) is 12.6. The van der Waals surface area contributed by atoms with Crippen LogP contribution in [0.4, 0.5) is 5.13 Å². The number of nitrogens with zero attached hydrogens (tertiary/aromatic N) is 6. The van der Waals surface area contributed by atoms with Gasteiger partial charge in [-0.15, -0.1) is 5.10 Å². The van der Waals surface area contributed by atoms with Crippen molar-refractivity contribution >= 4 is 21.4 Å². The number of aromatic nitrogens is 5. The molecule has 24 heavy (non-hydrogen) atoms. The molecule has 0 amide bonds. The van der Waals surface area contributed by atoms with E-state index in [1.54, 1.807) is 4.68 Å². The van der Waals surface area contributed by atoms with E-state index in [4.69, 9.17) is 0 Å². The van der Waals surface area contributed by atoms with Crippen LogP contribution in [-0.2, 0) is 13.5 Å². The lowest BCUT2D eigenvalue weighted by molar-refractivity contribution is 0.311. The summed E-state index contributed by atoms with van der Waals surface area (Å²) in [6, 6.07) is 1.69. The molecule has 0 saturated carbocycles. The maximum atomic E-state index is 12.1. The topological polar surface area (TPSA) is 80.3 Å². The lowest BCUT2D eigenvalue weighted by atomic mass is 10.1. The number of fused-ring (bicyclic) bond motifs is 1. The fourth-order valence-corrected chi connectivity index (χ4v) is 3.33. The van der Waals surface area contributed by atoms with Gasteiger partial charge in [-0.05, 0) is 20.5 Å². The lowest BCUT2D eigenvalue weighted by Crippen LogP contribution is -2.26. The van der Waals surface area contributed by atoms with E-state index in [1.165, 1.54) is 21.9 Å². The first-order chi connectivity index (χ1) is 11.5. The maximum Gasteiger partial charge on any atom is 0.275 e. The van der Waals surface area contributed by atoms with Crippen LogP contribution in [-0.4, -0.2) is 49.9 Å². The van der Waals surface area contributed by atoms with Gasteiger partial charge in [0.1, 0.15) is 0 Å². The molecular weight excluding hydrogens is 326 g/mol. The minimum Gasteiger partial charge on any atom is -0.358 e. The van der Waals surface area contributed by atoms with Gasteiger partial charge in [-0.2, -0.15) is 9.61 Å². The van der Waals surface area contributed by atoms with Gasteiger partial charge in [0.25, 0.3) is 5.56 Å². The molecule has 0 aliphatic rings. The maximum absolute atomic E-state index is 12.1. The minimum absolute atomic E-state index is 0.141. The quantitative estimate of drug-likeness (QED) is 0.721. The van der Waals surface area contributed by atoms with E-state index < -0.39 is 0 Å². The van der Waals surface area contributed by atoms with Crippen LogP contribution in [0.15, 0.2) is 23.3 Å². The summed E-state index contributed by atoms with van der Waals surface area (Å²) >= 11 is 1.39. The normalized spacial score (nSPS) is 12.9. The Morgan fingerprint density at radius 2 is 2.21 bits per heavy atom. The van der Waals surface area contributed by atoms with Crippen molar-refractivity contribution in [2.75, 3.05) is 26.0 Å². The van der Waals surface area contributed by atoms with Gasteiger partial charge in [-0.3, -0.25) is 9.48 Å². The molecule has 1 N–H and O–H groups in total. The van der Waals surface area contributed by atoms with Crippen LogP contribution in [0, 0.1) is 0 Å². The summed E-state index contributed by atoms with van der Waals surface area (Å²) in [5.74, 6) is 0. The molecule has 3 aromatic rings. The summed E-state index contributed by atoms with van der Waals surface area (Å²) in [4.78, 5) is 19.3. The SMILES string of the molecule is CCc1cc(=O)n2nc(NCC(c3cnn(C)c3)N(C)C)sc2n1. The van der Waals surface area contributed by atoms with Gasteiger partial charge in [0.15, 0.2) is 0 Å². The number of nitrogens with one attached hydrogen (secondary N) is 1. The molecule has 9 heteroatoms. The third kappa shape index (κ3) is 3.31. The Labute approximate surface area is 143 Å². The molecule has 3 rings (SSSR count). The van der Waals surface area contributed by atoms with E-state index in [-0.39, 0.29) is 11.6 Å². The average Bonchev–Trinajstić information content (AvgIpc) is 3.13. The van der Waals surface area contributed by atoms with Crippen molar-refractivity contribution in [2.24, 2.45) is 7.05 Å². The van der Waals surface area contributed by atoms with Crippen LogP contribution in [0.1, 0.15) is 24.2 Å². The lowest BCUT2D eigenvalue weighted by Gasteiger charge is -2.23. The van der Waals surface area contributed by atoms with E-state index in [9.17, 15) is 4.79 Å². The summed E-state index contributed by atoms with van der Waals surface area (Å²) in [5.41, 5.74) is 1.77. The third-order valence-corrected chi connectivity index (χ3v) is 4.71. The number of hydrogen-bond donors (Lipinski definition) is 1. The molecule has 1 unspecified atom stereocenters. The Balaban J connectivity index is 1.81. The smallest absolute Gasteiger partial charge is 0.275 e. The number of likely N-dealkylation sites (N-methyl/N-ethyl adjacent to an activating group) is 1. The number of hydrogen-bond acceptors (Lipinski definition) is 7. The summed E-state index contributed by atoms with van der Waals surface area (Å²) < 4.78 is 3.14. The van der Waals surface area contributed by atoms with Crippen LogP contribution in [0.2, 0.25) is 0 Å². The average molecular weight is 347 g/mol. The largest absolute Gasteiger partial charge is 0.358 e. The zero-order chi connectivity index (χ0) is 17.3. The highest BCUT2D eigenvalue weighted by Crippen LogP contribution is 2.21. The predicted octanol–water partition coefficient (Wildman–Crippen LogP) is 1.16. The molecule has 0 aliphatic heterocycles. The Morgan fingerprint density at radius 3 is 2.83 bits per heavy atom. The van der Waals surface area contributed by atoms with Gasteiger partial charge >= 0.3 is 0 Å². The number of aryl methyl sites for hydroxylation is 2. The Hall–Kier alpha value is -2.26. The van der Waals surface area contributed by atoms with Crippen molar-refractivity contribution in [3.8, 4) is 0 Å². The van der Waals surface area contributed by atoms with Crippen molar-refractivity contribution in [3.63, 3.8) is 0 Å². The van der Waals surface area contributed by atoms with Gasteiger partial charge in [-0.25, -0.2) is 4.98 Å². The fourth-order valence-electron chi connectivity index (χ4n) is 2.50. The summed E-state index contributed by atoms with van der Waals surface area (Å²) in [6.07, 6.45) is 4.60. The van der Waals surface area contributed by atoms with Gasteiger partial charge in [-0.1, -0.05) is 18.3 Å². The Kier molecular flexibility index (Phi) is 4.63. The molecule has 3 heterocycles. The number of rotatable bonds is 6. The van der Waals surface area contributed by atoms with Gasteiger partial charge in [0.05, 0.1) is 12.2 Å². The van der Waals surface area contributed by atoms with Crippen molar-refractivity contribution < 1.29 is 0 Å². The van der Waals surface area contributed by atoms with Gasteiger partial charge in [0, 0.05) is 37.1 Å². The summed E-state index contributed by atoms with van der Waals surface area (Å²) in [6.45, 7) is 2.64. The Morgan fingerprint density at radius 1 is 1.42 bits per heavy atom. The first kappa shape index (κ1) is 16.6. The van der Waals surface area contributed by atoms with Crippen LogP contribution < -0.4 is 10.9 Å². The van der Waals surface area contributed by atoms with Crippen LogP contribution in [0.3, 0.4) is 0 Å². The molecule has 0 aliphatic carbocycles.